The largest absolute Gasteiger partial charge is 0.493 e. The molecule has 0 radical (unpaired) electrons. The van der Waals surface area contributed by atoms with Gasteiger partial charge in [0, 0.05) is 17.5 Å². The first-order valence-electron chi connectivity index (χ1n) is 8.29. The summed E-state index contributed by atoms with van der Waals surface area (Å²) in [6, 6.07) is 13.0. The van der Waals surface area contributed by atoms with Crippen molar-refractivity contribution in [3.63, 3.8) is 0 Å². The Labute approximate surface area is 161 Å². The van der Waals surface area contributed by atoms with Crippen LogP contribution in [0.5, 0.6) is 17.2 Å². The van der Waals surface area contributed by atoms with Crippen LogP contribution in [0.2, 0.25) is 0 Å². The van der Waals surface area contributed by atoms with Crippen molar-refractivity contribution in [2.45, 2.75) is 6.54 Å². The number of amides is 1. The maximum absolute atomic E-state index is 12.2. The van der Waals surface area contributed by atoms with Gasteiger partial charge in [-0.3, -0.25) is 4.79 Å². The van der Waals surface area contributed by atoms with Crippen LogP contribution in [0.4, 0.5) is 0 Å². The lowest BCUT2D eigenvalue weighted by molar-refractivity contribution is -0.123. The summed E-state index contributed by atoms with van der Waals surface area (Å²) in [5.41, 5.74) is 4.37. The van der Waals surface area contributed by atoms with Crippen molar-refractivity contribution in [1.29, 1.82) is 0 Å². The highest BCUT2D eigenvalue weighted by Crippen LogP contribution is 2.29. The predicted molar refractivity (Wildman–Crippen MR) is 104 cm³/mol. The van der Waals surface area contributed by atoms with Crippen LogP contribution in [-0.2, 0) is 11.3 Å². The highest BCUT2D eigenvalue weighted by molar-refractivity contribution is 7.07. The van der Waals surface area contributed by atoms with Gasteiger partial charge in [0.05, 0.1) is 25.4 Å². The summed E-state index contributed by atoms with van der Waals surface area (Å²) in [4.78, 5) is 16.5. The predicted octanol–water partition coefficient (Wildman–Crippen LogP) is 3.52. The van der Waals surface area contributed by atoms with E-state index in [1.165, 1.54) is 11.3 Å². The van der Waals surface area contributed by atoms with Gasteiger partial charge in [-0.15, -0.1) is 11.3 Å². The van der Waals surface area contributed by atoms with E-state index in [-0.39, 0.29) is 12.5 Å². The Balaban J connectivity index is 1.57. The van der Waals surface area contributed by atoms with Gasteiger partial charge in [0.2, 0.25) is 0 Å². The topological polar surface area (TPSA) is 69.7 Å². The van der Waals surface area contributed by atoms with E-state index < -0.39 is 0 Å². The van der Waals surface area contributed by atoms with E-state index in [4.69, 9.17) is 14.2 Å². The molecule has 0 aliphatic carbocycles. The van der Waals surface area contributed by atoms with E-state index in [1.54, 1.807) is 25.8 Å². The van der Waals surface area contributed by atoms with Crippen molar-refractivity contribution < 1.29 is 19.0 Å². The summed E-state index contributed by atoms with van der Waals surface area (Å²) in [5, 5.41) is 4.78. The lowest BCUT2D eigenvalue weighted by Gasteiger charge is -2.12. The SMILES string of the molecule is COc1ccc(CNC(=O)COc2ccccc2-c2cscn2)cc1OC. The minimum absolute atomic E-state index is 0.0750. The molecule has 1 heterocycles. The number of ether oxygens (including phenoxy) is 3. The molecule has 0 atom stereocenters. The Hall–Kier alpha value is -3.06. The zero-order valence-corrected chi connectivity index (χ0v) is 15.9. The van der Waals surface area contributed by atoms with Gasteiger partial charge in [-0.05, 0) is 29.8 Å². The fourth-order valence-corrected chi connectivity index (χ4v) is 3.09. The summed E-state index contributed by atoms with van der Waals surface area (Å²) >= 11 is 1.51. The molecule has 0 aliphatic rings. The number of para-hydroxylation sites is 1. The number of benzene rings is 2. The summed E-state index contributed by atoms with van der Waals surface area (Å²) < 4.78 is 16.2. The molecule has 0 aliphatic heterocycles. The molecule has 0 fully saturated rings. The van der Waals surface area contributed by atoms with Crippen LogP contribution in [0.3, 0.4) is 0 Å². The third-order valence-corrected chi connectivity index (χ3v) is 4.48. The minimum Gasteiger partial charge on any atom is -0.493 e. The molecule has 2 aromatic carbocycles. The third kappa shape index (κ3) is 4.77. The van der Waals surface area contributed by atoms with Crippen molar-refractivity contribution in [2.75, 3.05) is 20.8 Å². The third-order valence-electron chi connectivity index (χ3n) is 3.89. The zero-order valence-electron chi connectivity index (χ0n) is 15.1. The Bertz CT molecular complexity index is 897. The highest BCUT2D eigenvalue weighted by atomic mass is 32.1. The van der Waals surface area contributed by atoms with Crippen LogP contribution in [0, 0.1) is 0 Å². The average molecular weight is 384 g/mol. The number of rotatable bonds is 8. The van der Waals surface area contributed by atoms with Gasteiger partial charge in [-0.2, -0.15) is 0 Å². The van der Waals surface area contributed by atoms with Crippen molar-refractivity contribution >= 4 is 17.2 Å². The molecular weight excluding hydrogens is 364 g/mol. The van der Waals surface area contributed by atoms with Gasteiger partial charge >= 0.3 is 0 Å². The van der Waals surface area contributed by atoms with Crippen LogP contribution in [-0.4, -0.2) is 31.7 Å². The molecule has 0 saturated heterocycles. The fraction of sp³-hybridized carbons (Fsp3) is 0.200. The molecule has 0 bridgehead atoms. The molecule has 0 spiro atoms. The second-order valence-electron chi connectivity index (χ2n) is 5.62. The van der Waals surface area contributed by atoms with Crippen LogP contribution in [0.1, 0.15) is 5.56 Å². The zero-order chi connectivity index (χ0) is 19.1. The lowest BCUT2D eigenvalue weighted by Crippen LogP contribution is -2.28. The monoisotopic (exact) mass is 384 g/mol. The van der Waals surface area contributed by atoms with Crippen molar-refractivity contribution in [3.8, 4) is 28.5 Å². The van der Waals surface area contributed by atoms with Crippen molar-refractivity contribution in [3.05, 3.63) is 58.9 Å². The molecule has 27 heavy (non-hydrogen) atoms. The van der Waals surface area contributed by atoms with Gasteiger partial charge in [0.15, 0.2) is 18.1 Å². The van der Waals surface area contributed by atoms with Gasteiger partial charge in [0.1, 0.15) is 5.75 Å². The molecule has 0 saturated carbocycles. The molecule has 7 heteroatoms. The molecule has 0 unspecified atom stereocenters. The Morgan fingerprint density at radius 3 is 2.63 bits per heavy atom. The first kappa shape index (κ1) is 18.7. The molecule has 1 amide bonds. The number of hydrogen-bond donors (Lipinski definition) is 1. The first-order valence-corrected chi connectivity index (χ1v) is 9.23. The summed E-state index contributed by atoms with van der Waals surface area (Å²) in [6.45, 7) is 0.296. The number of carbonyl (C=O) groups excluding carboxylic acids is 1. The number of hydrogen-bond acceptors (Lipinski definition) is 6. The maximum atomic E-state index is 12.2. The molecule has 3 rings (SSSR count). The van der Waals surface area contributed by atoms with E-state index in [2.05, 4.69) is 10.3 Å². The Morgan fingerprint density at radius 1 is 1.07 bits per heavy atom. The lowest BCUT2D eigenvalue weighted by atomic mass is 10.1. The van der Waals surface area contributed by atoms with Crippen LogP contribution >= 0.6 is 11.3 Å². The number of carbonyl (C=O) groups is 1. The van der Waals surface area contributed by atoms with Crippen LogP contribution in [0.15, 0.2) is 53.4 Å². The van der Waals surface area contributed by atoms with Gasteiger partial charge in [0.25, 0.3) is 5.91 Å². The number of nitrogens with one attached hydrogen (secondary N) is 1. The minimum atomic E-state index is -0.210. The average Bonchev–Trinajstić information content (AvgIpc) is 3.25. The highest BCUT2D eigenvalue weighted by Gasteiger charge is 2.10. The van der Waals surface area contributed by atoms with E-state index in [0.29, 0.717) is 23.8 Å². The van der Waals surface area contributed by atoms with E-state index in [9.17, 15) is 4.79 Å². The molecule has 3 aromatic rings. The molecular formula is C20H20N2O4S. The van der Waals surface area contributed by atoms with Crippen LogP contribution < -0.4 is 19.5 Å². The van der Waals surface area contributed by atoms with Gasteiger partial charge < -0.3 is 19.5 Å². The fourth-order valence-electron chi connectivity index (χ4n) is 2.54. The maximum Gasteiger partial charge on any atom is 0.258 e. The Kier molecular flexibility index (Phi) is 6.27. The second-order valence-corrected chi connectivity index (χ2v) is 6.34. The van der Waals surface area contributed by atoms with E-state index >= 15 is 0 Å². The van der Waals surface area contributed by atoms with Crippen molar-refractivity contribution in [1.82, 2.24) is 10.3 Å². The summed E-state index contributed by atoms with van der Waals surface area (Å²) in [6.07, 6.45) is 0. The van der Waals surface area contributed by atoms with Gasteiger partial charge in [-0.1, -0.05) is 18.2 Å². The molecule has 6 nitrogen and oxygen atoms in total. The number of methoxy groups -OCH3 is 2. The number of nitrogens with zero attached hydrogens (tertiary/aromatic N) is 1. The number of aromatic nitrogens is 1. The summed E-state index contributed by atoms with van der Waals surface area (Å²) in [7, 11) is 3.16. The van der Waals surface area contributed by atoms with E-state index in [0.717, 1.165) is 16.8 Å². The van der Waals surface area contributed by atoms with E-state index in [1.807, 2.05) is 41.8 Å². The van der Waals surface area contributed by atoms with Gasteiger partial charge in [-0.25, -0.2) is 4.98 Å². The smallest absolute Gasteiger partial charge is 0.258 e. The summed E-state index contributed by atoms with van der Waals surface area (Å²) in [5.74, 6) is 1.69. The standard InChI is InChI=1S/C20H20N2O4S/c1-24-18-8-7-14(9-19(18)25-2)10-21-20(23)11-26-17-6-4-3-5-15(17)16-12-27-13-22-16/h3-9,12-13H,10-11H2,1-2H3,(H,21,23). The molecule has 1 aromatic heterocycles. The first-order chi connectivity index (χ1) is 13.2. The number of thiazole rings is 1. The quantitative estimate of drug-likeness (QED) is 0.643. The molecule has 140 valence electrons. The molecule has 1 N–H and O–H groups in total. The van der Waals surface area contributed by atoms with Crippen molar-refractivity contribution in [2.24, 2.45) is 0 Å². The second kappa shape index (κ2) is 9.05. The normalized spacial score (nSPS) is 10.3. The Morgan fingerprint density at radius 2 is 1.89 bits per heavy atom. The van der Waals surface area contributed by atoms with Crippen LogP contribution in [0.25, 0.3) is 11.3 Å².